The molecular weight excluding hydrogens is 376 g/mol. The van der Waals surface area contributed by atoms with Crippen molar-refractivity contribution >= 4 is 23.5 Å². The number of hydrogen-bond acceptors (Lipinski definition) is 5. The van der Waals surface area contributed by atoms with Crippen molar-refractivity contribution in [2.45, 2.75) is 24.3 Å². The largest absolute Gasteiger partial charge is 0.357 e. The number of anilines is 1. The molecule has 7 nitrogen and oxygen atoms in total. The van der Waals surface area contributed by atoms with Crippen molar-refractivity contribution < 1.29 is 4.79 Å². The molecule has 1 amide bonds. The molecule has 1 aliphatic rings. The molecule has 1 fully saturated rings. The molecule has 1 aromatic carbocycles. The average molecular weight is 403 g/mol. The third kappa shape index (κ3) is 4.32. The molecule has 1 atom stereocenters. The summed E-state index contributed by atoms with van der Waals surface area (Å²) in [6.45, 7) is 1.71. The number of piperidine rings is 1. The number of nitrogens with one attached hydrogen (secondary N) is 1. The second kappa shape index (κ2) is 8.68. The van der Waals surface area contributed by atoms with Gasteiger partial charge in [0.15, 0.2) is 0 Å². The fourth-order valence-electron chi connectivity index (χ4n) is 3.50. The van der Waals surface area contributed by atoms with Crippen LogP contribution in [0.5, 0.6) is 0 Å². The Bertz CT molecular complexity index is 965. The summed E-state index contributed by atoms with van der Waals surface area (Å²) in [6.07, 6.45) is 3.67. The minimum absolute atomic E-state index is 0.00692. The summed E-state index contributed by atoms with van der Waals surface area (Å²) in [4.78, 5) is 40.0. The van der Waals surface area contributed by atoms with Crippen LogP contribution in [-0.4, -0.2) is 34.4 Å². The molecule has 28 heavy (non-hydrogen) atoms. The third-order valence-electron chi connectivity index (χ3n) is 5.24. The number of amides is 1. The van der Waals surface area contributed by atoms with Gasteiger partial charge in [0.2, 0.25) is 5.91 Å². The van der Waals surface area contributed by atoms with Crippen LogP contribution < -0.4 is 21.5 Å². The summed E-state index contributed by atoms with van der Waals surface area (Å²) in [5.74, 6) is 0.407. The topological polar surface area (TPSA) is 76.3 Å². The number of aromatic nitrogens is 2. The Morgan fingerprint density at radius 1 is 1.18 bits per heavy atom. The van der Waals surface area contributed by atoms with E-state index in [1.165, 1.54) is 22.6 Å². The van der Waals surface area contributed by atoms with Gasteiger partial charge in [-0.05, 0) is 36.8 Å². The highest BCUT2D eigenvalue weighted by Gasteiger charge is 2.27. The first-order valence-electron chi connectivity index (χ1n) is 9.33. The number of benzene rings is 1. The van der Waals surface area contributed by atoms with Crippen LogP contribution in [0.25, 0.3) is 0 Å². The summed E-state index contributed by atoms with van der Waals surface area (Å²) >= 11 is 1.69. The molecule has 1 aliphatic heterocycles. The van der Waals surface area contributed by atoms with Crippen molar-refractivity contribution in [2.24, 2.45) is 20.0 Å². The first-order valence-corrected chi connectivity index (χ1v) is 10.6. The lowest BCUT2D eigenvalue weighted by atomic mass is 9.97. The maximum atomic E-state index is 12.7. The van der Waals surface area contributed by atoms with Gasteiger partial charge < -0.3 is 10.2 Å². The molecule has 0 unspecified atom stereocenters. The predicted molar refractivity (Wildman–Crippen MR) is 112 cm³/mol. The molecule has 1 aromatic heterocycles. The number of hydrogen-bond donors (Lipinski definition) is 1. The van der Waals surface area contributed by atoms with E-state index in [9.17, 15) is 14.4 Å². The van der Waals surface area contributed by atoms with Gasteiger partial charge in [-0.25, -0.2) is 4.79 Å². The summed E-state index contributed by atoms with van der Waals surface area (Å²) < 4.78 is 2.55. The van der Waals surface area contributed by atoms with Gasteiger partial charge in [0.1, 0.15) is 5.82 Å². The minimum Gasteiger partial charge on any atom is -0.357 e. The fourth-order valence-corrected chi connectivity index (χ4v) is 3.91. The smallest absolute Gasteiger partial charge is 0.332 e. The lowest BCUT2D eigenvalue weighted by Gasteiger charge is -2.34. The SMILES string of the molecule is CSc1ccc(CNC(=O)[C@@H]2CCCN(c3cc(=O)n(C)c(=O)n3C)C2)cc1. The van der Waals surface area contributed by atoms with Gasteiger partial charge in [-0.2, -0.15) is 0 Å². The van der Waals surface area contributed by atoms with Gasteiger partial charge in [0.25, 0.3) is 5.56 Å². The maximum Gasteiger partial charge on any atom is 0.332 e. The van der Waals surface area contributed by atoms with Gasteiger partial charge in [-0.15, -0.1) is 11.8 Å². The molecule has 1 N–H and O–H groups in total. The van der Waals surface area contributed by atoms with Crippen molar-refractivity contribution in [3.63, 3.8) is 0 Å². The van der Waals surface area contributed by atoms with Crippen LogP contribution in [0.2, 0.25) is 0 Å². The van der Waals surface area contributed by atoms with E-state index in [0.717, 1.165) is 29.5 Å². The van der Waals surface area contributed by atoms with Crippen LogP contribution in [-0.2, 0) is 25.4 Å². The highest BCUT2D eigenvalue weighted by atomic mass is 32.2. The lowest BCUT2D eigenvalue weighted by Crippen LogP contribution is -2.46. The summed E-state index contributed by atoms with van der Waals surface area (Å²) in [5.41, 5.74) is 0.369. The Balaban J connectivity index is 1.66. The van der Waals surface area contributed by atoms with E-state index in [-0.39, 0.29) is 23.1 Å². The monoisotopic (exact) mass is 402 g/mol. The lowest BCUT2D eigenvalue weighted by molar-refractivity contribution is -0.125. The maximum absolute atomic E-state index is 12.7. The van der Waals surface area contributed by atoms with Crippen molar-refractivity contribution in [3.8, 4) is 0 Å². The van der Waals surface area contributed by atoms with Crippen LogP contribution in [0.1, 0.15) is 18.4 Å². The number of carbonyl (C=O) groups excluding carboxylic acids is 1. The van der Waals surface area contributed by atoms with Crippen LogP contribution in [0.3, 0.4) is 0 Å². The zero-order valence-electron chi connectivity index (χ0n) is 16.5. The summed E-state index contributed by atoms with van der Waals surface area (Å²) in [5, 5.41) is 3.02. The molecule has 2 heterocycles. The number of nitrogens with zero attached hydrogens (tertiary/aromatic N) is 3. The van der Waals surface area contributed by atoms with Crippen molar-refractivity contribution in [1.82, 2.24) is 14.5 Å². The molecule has 0 radical (unpaired) electrons. The standard InChI is InChI=1S/C20H26N4O3S/c1-22-17(11-18(25)23(2)20(22)27)24-10-4-5-15(13-24)19(26)21-12-14-6-8-16(28-3)9-7-14/h6-9,11,15H,4-5,10,12-13H2,1-3H3,(H,21,26)/t15-/m1/s1. The summed E-state index contributed by atoms with van der Waals surface area (Å²) in [7, 11) is 3.12. The molecule has 2 aromatic rings. The van der Waals surface area contributed by atoms with Crippen molar-refractivity contribution in [2.75, 3.05) is 24.2 Å². The fraction of sp³-hybridized carbons (Fsp3) is 0.450. The van der Waals surface area contributed by atoms with E-state index in [1.54, 1.807) is 18.8 Å². The third-order valence-corrected chi connectivity index (χ3v) is 5.99. The molecule has 3 rings (SSSR count). The predicted octanol–water partition coefficient (Wildman–Crippen LogP) is 1.34. The van der Waals surface area contributed by atoms with E-state index in [0.29, 0.717) is 18.9 Å². The first kappa shape index (κ1) is 20.3. The Morgan fingerprint density at radius 3 is 2.57 bits per heavy atom. The Morgan fingerprint density at radius 2 is 1.89 bits per heavy atom. The van der Waals surface area contributed by atoms with Crippen molar-refractivity contribution in [3.05, 3.63) is 56.7 Å². The second-order valence-electron chi connectivity index (χ2n) is 7.09. The van der Waals surface area contributed by atoms with Gasteiger partial charge >= 0.3 is 5.69 Å². The highest BCUT2D eigenvalue weighted by molar-refractivity contribution is 7.98. The first-order chi connectivity index (χ1) is 13.4. The van der Waals surface area contributed by atoms with Gasteiger partial charge in [-0.1, -0.05) is 12.1 Å². The van der Waals surface area contributed by atoms with Crippen LogP contribution in [0.4, 0.5) is 5.82 Å². The zero-order chi connectivity index (χ0) is 20.3. The molecule has 0 bridgehead atoms. The molecule has 0 aliphatic carbocycles. The zero-order valence-corrected chi connectivity index (χ0v) is 17.3. The van der Waals surface area contributed by atoms with Crippen LogP contribution in [0.15, 0.2) is 44.8 Å². The second-order valence-corrected chi connectivity index (χ2v) is 7.97. The summed E-state index contributed by atoms with van der Waals surface area (Å²) in [6, 6.07) is 9.61. The van der Waals surface area contributed by atoms with Crippen LogP contribution >= 0.6 is 11.8 Å². The molecular formula is C20H26N4O3S. The molecule has 150 valence electrons. The van der Waals surface area contributed by atoms with E-state index in [1.807, 2.05) is 35.4 Å². The van der Waals surface area contributed by atoms with Gasteiger partial charge in [0.05, 0.1) is 5.92 Å². The number of thioether (sulfide) groups is 1. The number of rotatable bonds is 5. The van der Waals surface area contributed by atoms with E-state index in [2.05, 4.69) is 5.32 Å². The van der Waals surface area contributed by atoms with Crippen molar-refractivity contribution in [1.29, 1.82) is 0 Å². The average Bonchev–Trinajstić information content (AvgIpc) is 2.73. The Hall–Kier alpha value is -2.48. The Labute approximate surface area is 168 Å². The van der Waals surface area contributed by atoms with Gasteiger partial charge in [-0.3, -0.25) is 18.7 Å². The molecule has 0 saturated carbocycles. The van der Waals surface area contributed by atoms with Crippen LogP contribution in [0, 0.1) is 5.92 Å². The van der Waals surface area contributed by atoms with Gasteiger partial charge in [0, 0.05) is 44.7 Å². The Kier molecular flexibility index (Phi) is 6.28. The normalized spacial score (nSPS) is 16.8. The van der Waals surface area contributed by atoms with E-state index < -0.39 is 0 Å². The van der Waals surface area contributed by atoms with E-state index in [4.69, 9.17) is 0 Å². The van der Waals surface area contributed by atoms with E-state index >= 15 is 0 Å². The molecule has 8 heteroatoms. The highest BCUT2D eigenvalue weighted by Crippen LogP contribution is 2.22. The minimum atomic E-state index is -0.359. The molecule has 0 spiro atoms. The quantitative estimate of drug-likeness (QED) is 0.764. The molecule has 1 saturated heterocycles. The number of carbonyl (C=O) groups is 1.